The Balaban J connectivity index is 1.96. The van der Waals surface area contributed by atoms with Gasteiger partial charge >= 0.3 is 0 Å². The fourth-order valence-electron chi connectivity index (χ4n) is 2.10. The maximum Gasteiger partial charge on any atom is 0.239 e. The van der Waals surface area contributed by atoms with E-state index in [-0.39, 0.29) is 4.32 Å². The molecule has 2 rings (SSSR count). The first-order valence-corrected chi connectivity index (χ1v) is 6.13. The molecule has 1 saturated heterocycles. The van der Waals surface area contributed by atoms with Crippen LogP contribution in [-0.2, 0) is 4.79 Å². The normalized spacial score (nSPS) is 31.0. The quantitative estimate of drug-likeness (QED) is 0.717. The molecule has 1 N–H and O–H groups in total. The molecule has 0 bridgehead atoms. The lowest BCUT2D eigenvalue weighted by Gasteiger charge is -2.41. The molecule has 1 atom stereocenters. The smallest absolute Gasteiger partial charge is 0.239 e. The lowest BCUT2D eigenvalue weighted by Crippen LogP contribution is -2.57. The molecule has 1 saturated carbocycles. The predicted molar refractivity (Wildman–Crippen MR) is 59.6 cm³/mol. The molecule has 0 radical (unpaired) electrons. The zero-order chi connectivity index (χ0) is 10.2. The number of alkyl halides is 1. The molecule has 0 aromatic carbocycles. The molecule has 2 aliphatic rings. The van der Waals surface area contributed by atoms with Gasteiger partial charge in [-0.25, -0.2) is 0 Å². The van der Waals surface area contributed by atoms with Crippen molar-refractivity contribution in [2.75, 3.05) is 19.6 Å². The first-order valence-electron chi connectivity index (χ1n) is 5.33. The molecular weight excluding hydrogens is 244 g/mol. The molecule has 4 heteroatoms. The van der Waals surface area contributed by atoms with E-state index < -0.39 is 0 Å². The summed E-state index contributed by atoms with van der Waals surface area (Å²) < 4.78 is -0.204. The van der Waals surface area contributed by atoms with Crippen molar-refractivity contribution in [3.63, 3.8) is 0 Å². The Bertz CT molecular complexity index is 240. The van der Waals surface area contributed by atoms with E-state index in [1.165, 1.54) is 6.42 Å². The van der Waals surface area contributed by atoms with Crippen LogP contribution in [0.5, 0.6) is 0 Å². The number of carbonyl (C=O) groups is 1. The highest BCUT2D eigenvalue weighted by molar-refractivity contribution is 9.10. The molecule has 0 aromatic heterocycles. The van der Waals surface area contributed by atoms with E-state index in [0.29, 0.717) is 11.9 Å². The zero-order valence-electron chi connectivity index (χ0n) is 8.55. The van der Waals surface area contributed by atoms with Crippen LogP contribution in [0.4, 0.5) is 0 Å². The Morgan fingerprint density at radius 2 is 2.29 bits per heavy atom. The molecule has 1 aliphatic heterocycles. The van der Waals surface area contributed by atoms with Crippen LogP contribution in [0, 0.1) is 0 Å². The van der Waals surface area contributed by atoms with Gasteiger partial charge in [-0.2, -0.15) is 0 Å². The maximum absolute atomic E-state index is 12.1. The van der Waals surface area contributed by atoms with Gasteiger partial charge in [0.15, 0.2) is 0 Å². The van der Waals surface area contributed by atoms with Crippen molar-refractivity contribution in [2.45, 2.75) is 36.6 Å². The van der Waals surface area contributed by atoms with Gasteiger partial charge in [-0.15, -0.1) is 0 Å². The fraction of sp³-hybridized carbons (Fsp3) is 0.900. The summed E-state index contributed by atoms with van der Waals surface area (Å²) in [6, 6.07) is 0.434. The monoisotopic (exact) mass is 260 g/mol. The van der Waals surface area contributed by atoms with Gasteiger partial charge in [-0.1, -0.05) is 15.9 Å². The standard InChI is InChI=1S/C10H17BrN2O/c1-8-7-13(6-5-12-8)9(14)10(11)3-2-4-10/h8,12H,2-7H2,1H3/t8-/m0/s1. The van der Waals surface area contributed by atoms with Crippen molar-refractivity contribution in [3.05, 3.63) is 0 Å². The third-order valence-corrected chi connectivity index (χ3v) is 4.32. The molecule has 0 unspecified atom stereocenters. The van der Waals surface area contributed by atoms with Crippen molar-refractivity contribution in [1.29, 1.82) is 0 Å². The lowest BCUT2D eigenvalue weighted by molar-refractivity contribution is -0.136. The van der Waals surface area contributed by atoms with Crippen LogP contribution in [0.1, 0.15) is 26.2 Å². The second-order valence-electron chi connectivity index (χ2n) is 4.43. The average molecular weight is 261 g/mol. The van der Waals surface area contributed by atoms with E-state index in [9.17, 15) is 4.79 Å². The van der Waals surface area contributed by atoms with Crippen LogP contribution in [0.2, 0.25) is 0 Å². The SMILES string of the molecule is C[C@H]1CN(C(=O)C2(Br)CCC2)CCN1. The summed E-state index contributed by atoms with van der Waals surface area (Å²) in [4.78, 5) is 14.1. The number of nitrogens with one attached hydrogen (secondary N) is 1. The van der Waals surface area contributed by atoms with Crippen LogP contribution in [-0.4, -0.2) is 40.8 Å². The van der Waals surface area contributed by atoms with Gasteiger partial charge in [0.2, 0.25) is 5.91 Å². The summed E-state index contributed by atoms with van der Waals surface area (Å²) in [6.45, 7) is 4.76. The van der Waals surface area contributed by atoms with E-state index in [1.807, 2.05) is 4.90 Å². The summed E-state index contributed by atoms with van der Waals surface area (Å²) in [5.41, 5.74) is 0. The maximum atomic E-state index is 12.1. The number of amides is 1. The van der Waals surface area contributed by atoms with Crippen molar-refractivity contribution in [2.24, 2.45) is 0 Å². The second-order valence-corrected chi connectivity index (χ2v) is 5.94. The Morgan fingerprint density at radius 1 is 1.57 bits per heavy atom. The number of rotatable bonds is 1. The van der Waals surface area contributed by atoms with Gasteiger partial charge in [0.1, 0.15) is 4.32 Å². The summed E-state index contributed by atoms with van der Waals surface area (Å²) in [6.07, 6.45) is 3.19. The van der Waals surface area contributed by atoms with E-state index in [2.05, 4.69) is 28.2 Å². The third kappa shape index (κ3) is 1.82. The number of carbonyl (C=O) groups excluding carboxylic acids is 1. The zero-order valence-corrected chi connectivity index (χ0v) is 10.1. The number of hydrogen-bond acceptors (Lipinski definition) is 2. The molecule has 80 valence electrons. The van der Waals surface area contributed by atoms with Crippen LogP contribution in [0.15, 0.2) is 0 Å². The summed E-state index contributed by atoms with van der Waals surface area (Å²) in [5.74, 6) is 0.303. The minimum Gasteiger partial charge on any atom is -0.339 e. The molecule has 1 aliphatic carbocycles. The van der Waals surface area contributed by atoms with Crippen LogP contribution < -0.4 is 5.32 Å². The molecule has 0 spiro atoms. The van der Waals surface area contributed by atoms with Crippen LogP contribution in [0.3, 0.4) is 0 Å². The van der Waals surface area contributed by atoms with Gasteiger partial charge in [-0.3, -0.25) is 4.79 Å². The molecule has 3 nitrogen and oxygen atoms in total. The van der Waals surface area contributed by atoms with Crippen molar-refractivity contribution in [3.8, 4) is 0 Å². The van der Waals surface area contributed by atoms with Crippen molar-refractivity contribution >= 4 is 21.8 Å². The minimum atomic E-state index is -0.204. The van der Waals surface area contributed by atoms with Crippen LogP contribution >= 0.6 is 15.9 Å². The van der Waals surface area contributed by atoms with Gasteiger partial charge in [0.05, 0.1) is 0 Å². The minimum absolute atomic E-state index is 0.204. The number of hydrogen-bond donors (Lipinski definition) is 1. The predicted octanol–water partition coefficient (Wildman–Crippen LogP) is 1.12. The highest BCUT2D eigenvalue weighted by Gasteiger charge is 2.44. The van der Waals surface area contributed by atoms with Gasteiger partial charge < -0.3 is 10.2 Å². The summed E-state index contributed by atoms with van der Waals surface area (Å²) >= 11 is 3.58. The molecule has 1 amide bonds. The highest BCUT2D eigenvalue weighted by Crippen LogP contribution is 2.41. The van der Waals surface area contributed by atoms with E-state index in [1.54, 1.807) is 0 Å². The van der Waals surface area contributed by atoms with E-state index >= 15 is 0 Å². The Labute approximate surface area is 93.4 Å². The van der Waals surface area contributed by atoms with Crippen LogP contribution in [0.25, 0.3) is 0 Å². The fourth-order valence-corrected chi connectivity index (χ4v) is 2.91. The molecular formula is C10H17BrN2O. The third-order valence-electron chi connectivity index (χ3n) is 3.19. The summed E-state index contributed by atoms with van der Waals surface area (Å²) in [7, 11) is 0. The molecule has 14 heavy (non-hydrogen) atoms. The Morgan fingerprint density at radius 3 is 2.79 bits per heavy atom. The lowest BCUT2D eigenvalue weighted by atomic mass is 9.83. The van der Waals surface area contributed by atoms with Crippen molar-refractivity contribution in [1.82, 2.24) is 10.2 Å². The van der Waals surface area contributed by atoms with Crippen molar-refractivity contribution < 1.29 is 4.79 Å². The molecule has 1 heterocycles. The van der Waals surface area contributed by atoms with E-state index in [0.717, 1.165) is 32.5 Å². The first kappa shape index (κ1) is 10.4. The van der Waals surface area contributed by atoms with Gasteiger partial charge in [-0.05, 0) is 26.2 Å². The first-order chi connectivity index (χ1) is 6.62. The largest absolute Gasteiger partial charge is 0.339 e. The molecule has 2 fully saturated rings. The molecule has 0 aromatic rings. The topological polar surface area (TPSA) is 32.3 Å². The Hall–Kier alpha value is -0.0900. The van der Waals surface area contributed by atoms with E-state index in [4.69, 9.17) is 0 Å². The summed E-state index contributed by atoms with van der Waals surface area (Å²) in [5, 5.41) is 3.35. The second kappa shape index (κ2) is 3.81. The van der Waals surface area contributed by atoms with Gasteiger partial charge in [0, 0.05) is 25.7 Å². The Kier molecular flexibility index (Phi) is 2.84. The number of halogens is 1. The van der Waals surface area contributed by atoms with Gasteiger partial charge in [0.25, 0.3) is 0 Å². The average Bonchev–Trinajstić information content (AvgIpc) is 2.13. The number of piperazine rings is 1. The number of nitrogens with zero attached hydrogens (tertiary/aromatic N) is 1. The highest BCUT2D eigenvalue weighted by atomic mass is 79.9.